The van der Waals surface area contributed by atoms with E-state index in [-0.39, 0.29) is 32.1 Å². The zero-order chi connectivity index (χ0) is 11.5. The molecule has 0 aliphatic rings. The summed E-state index contributed by atoms with van der Waals surface area (Å²) in [4.78, 5) is 21.7. The molecule has 5 nitrogen and oxygen atoms in total. The number of alkyl carbamates (subject to hydrolysis) is 1. The Bertz CT molecular complexity index is 201. The zero-order valence-electron chi connectivity index (χ0n) is 8.27. The quantitative estimate of drug-likeness (QED) is 0.351. The summed E-state index contributed by atoms with van der Waals surface area (Å²) in [5.41, 5.74) is 0. The lowest BCUT2D eigenvalue weighted by Gasteiger charge is -2.06. The van der Waals surface area contributed by atoms with Crippen molar-refractivity contribution in [2.75, 3.05) is 31.3 Å². The van der Waals surface area contributed by atoms with Crippen LogP contribution >= 0.6 is 25.3 Å². The van der Waals surface area contributed by atoms with E-state index in [1.165, 1.54) is 0 Å². The summed E-state index contributed by atoms with van der Waals surface area (Å²) in [5.74, 6) is 0.608. The molecule has 0 bridgehead atoms. The number of thiol groups is 2. The van der Waals surface area contributed by atoms with E-state index in [9.17, 15) is 9.59 Å². The minimum absolute atomic E-state index is 0.141. The lowest BCUT2D eigenvalue weighted by Crippen LogP contribution is -2.29. The maximum atomic E-state index is 10.9. The van der Waals surface area contributed by atoms with Crippen LogP contribution in [0.2, 0.25) is 0 Å². The van der Waals surface area contributed by atoms with Crippen molar-refractivity contribution in [3.05, 3.63) is 0 Å². The SMILES string of the molecule is O=C(CCS)OCCNC(=O)OCCS. The third-order valence-corrected chi connectivity index (χ3v) is 1.68. The van der Waals surface area contributed by atoms with E-state index in [1.54, 1.807) is 0 Å². The van der Waals surface area contributed by atoms with Crippen LogP contribution in [0.5, 0.6) is 0 Å². The Kier molecular flexibility index (Phi) is 9.60. The Balaban J connectivity index is 3.30. The topological polar surface area (TPSA) is 64.6 Å². The van der Waals surface area contributed by atoms with Gasteiger partial charge in [-0.3, -0.25) is 4.79 Å². The molecule has 0 aliphatic heterocycles. The van der Waals surface area contributed by atoms with Gasteiger partial charge in [0.15, 0.2) is 0 Å². The monoisotopic (exact) mass is 253 g/mol. The van der Waals surface area contributed by atoms with Crippen molar-refractivity contribution in [3.8, 4) is 0 Å². The summed E-state index contributed by atoms with van der Waals surface area (Å²) in [6.07, 6.45) is -0.262. The lowest BCUT2D eigenvalue weighted by molar-refractivity contribution is -0.142. The number of hydrogen-bond acceptors (Lipinski definition) is 6. The number of carbonyl (C=O) groups is 2. The molecule has 1 N–H and O–H groups in total. The van der Waals surface area contributed by atoms with Gasteiger partial charge in [-0.25, -0.2) is 4.79 Å². The predicted octanol–water partition coefficient (Wildman–Crippen LogP) is 0.506. The normalized spacial score (nSPS) is 9.47. The van der Waals surface area contributed by atoms with Crippen LogP contribution in [0.25, 0.3) is 0 Å². The van der Waals surface area contributed by atoms with Gasteiger partial charge in [-0.05, 0) is 0 Å². The molecule has 0 aliphatic carbocycles. The molecule has 7 heteroatoms. The Morgan fingerprint density at radius 3 is 2.40 bits per heavy atom. The van der Waals surface area contributed by atoms with Crippen LogP contribution in [-0.2, 0) is 14.3 Å². The van der Waals surface area contributed by atoms with Crippen LogP contribution in [-0.4, -0.2) is 43.3 Å². The van der Waals surface area contributed by atoms with Crippen molar-refractivity contribution in [2.24, 2.45) is 0 Å². The van der Waals surface area contributed by atoms with E-state index in [1.807, 2.05) is 0 Å². The first-order valence-corrected chi connectivity index (χ1v) is 5.75. The van der Waals surface area contributed by atoms with Crippen molar-refractivity contribution >= 4 is 37.3 Å². The molecule has 0 aromatic rings. The number of carbonyl (C=O) groups excluding carboxylic acids is 2. The standard InChI is InChI=1S/C8H15NO4S2/c10-7(1-5-14)12-3-2-9-8(11)13-4-6-15/h14-15H,1-6H2,(H,9,11). The van der Waals surface area contributed by atoms with Gasteiger partial charge in [0, 0.05) is 11.5 Å². The fraction of sp³-hybridized carbons (Fsp3) is 0.750. The molecule has 1 amide bonds. The highest BCUT2D eigenvalue weighted by molar-refractivity contribution is 7.80. The molecule has 88 valence electrons. The molecule has 0 atom stereocenters. The number of esters is 1. The largest absolute Gasteiger partial charge is 0.464 e. The molecule has 15 heavy (non-hydrogen) atoms. The molecule has 0 aromatic carbocycles. The first-order chi connectivity index (χ1) is 7.20. The summed E-state index contributed by atoms with van der Waals surface area (Å²) in [7, 11) is 0. The molecule has 0 radical (unpaired) electrons. The number of nitrogens with one attached hydrogen (secondary N) is 1. The van der Waals surface area contributed by atoms with Crippen LogP contribution in [0.3, 0.4) is 0 Å². The molecular formula is C8H15NO4S2. The fourth-order valence-electron chi connectivity index (χ4n) is 0.671. The van der Waals surface area contributed by atoms with E-state index in [0.717, 1.165) is 0 Å². The highest BCUT2D eigenvalue weighted by atomic mass is 32.1. The van der Waals surface area contributed by atoms with E-state index in [4.69, 9.17) is 4.74 Å². The second-order valence-electron chi connectivity index (χ2n) is 2.48. The zero-order valence-corrected chi connectivity index (χ0v) is 10.1. The summed E-state index contributed by atoms with van der Waals surface area (Å²) in [5, 5.41) is 2.42. The van der Waals surface area contributed by atoms with E-state index >= 15 is 0 Å². The average Bonchev–Trinajstić information content (AvgIpc) is 2.22. The van der Waals surface area contributed by atoms with E-state index < -0.39 is 6.09 Å². The first-order valence-electron chi connectivity index (χ1n) is 4.48. The average molecular weight is 253 g/mol. The van der Waals surface area contributed by atoms with Crippen molar-refractivity contribution in [3.63, 3.8) is 0 Å². The van der Waals surface area contributed by atoms with E-state index in [0.29, 0.717) is 11.5 Å². The number of ether oxygens (including phenoxy) is 2. The van der Waals surface area contributed by atoms with Crippen molar-refractivity contribution < 1.29 is 19.1 Å². The number of rotatable bonds is 7. The van der Waals surface area contributed by atoms with Gasteiger partial charge in [0.05, 0.1) is 13.0 Å². The smallest absolute Gasteiger partial charge is 0.407 e. The molecule has 0 spiro atoms. The third kappa shape index (κ3) is 9.74. The minimum atomic E-state index is -0.533. The summed E-state index contributed by atoms with van der Waals surface area (Å²) in [6, 6.07) is 0. The van der Waals surface area contributed by atoms with E-state index in [2.05, 4.69) is 35.3 Å². The Labute approximate surface area is 99.7 Å². The van der Waals surface area contributed by atoms with Crippen LogP contribution < -0.4 is 5.32 Å². The van der Waals surface area contributed by atoms with Gasteiger partial charge in [0.1, 0.15) is 13.2 Å². The lowest BCUT2D eigenvalue weighted by atomic mass is 10.5. The van der Waals surface area contributed by atoms with Crippen molar-refractivity contribution in [1.82, 2.24) is 5.32 Å². The third-order valence-electron chi connectivity index (χ3n) is 1.27. The Morgan fingerprint density at radius 1 is 1.07 bits per heavy atom. The maximum Gasteiger partial charge on any atom is 0.407 e. The summed E-state index contributed by atoms with van der Waals surface area (Å²) >= 11 is 7.75. The molecule has 0 saturated carbocycles. The summed E-state index contributed by atoms with van der Waals surface area (Å²) < 4.78 is 9.43. The molecule has 0 unspecified atom stereocenters. The van der Waals surface area contributed by atoms with Gasteiger partial charge in [0.2, 0.25) is 0 Å². The summed E-state index contributed by atoms with van der Waals surface area (Å²) in [6.45, 7) is 0.640. The van der Waals surface area contributed by atoms with Gasteiger partial charge in [-0.15, -0.1) is 0 Å². The molecule has 0 rings (SSSR count). The number of amides is 1. The van der Waals surface area contributed by atoms with Gasteiger partial charge < -0.3 is 14.8 Å². The molecule has 0 heterocycles. The van der Waals surface area contributed by atoms with Crippen molar-refractivity contribution in [2.45, 2.75) is 6.42 Å². The first kappa shape index (κ1) is 14.4. The molecular weight excluding hydrogens is 238 g/mol. The van der Waals surface area contributed by atoms with Crippen LogP contribution in [0, 0.1) is 0 Å². The predicted molar refractivity (Wildman–Crippen MR) is 62.6 cm³/mol. The van der Waals surface area contributed by atoms with Gasteiger partial charge in [0.25, 0.3) is 0 Å². The van der Waals surface area contributed by atoms with Gasteiger partial charge in [-0.2, -0.15) is 25.3 Å². The van der Waals surface area contributed by atoms with Crippen LogP contribution in [0.15, 0.2) is 0 Å². The maximum absolute atomic E-state index is 10.9. The molecule has 0 saturated heterocycles. The van der Waals surface area contributed by atoms with Gasteiger partial charge >= 0.3 is 12.1 Å². The second-order valence-corrected chi connectivity index (χ2v) is 3.37. The Morgan fingerprint density at radius 2 is 1.80 bits per heavy atom. The second kappa shape index (κ2) is 9.97. The van der Waals surface area contributed by atoms with Crippen LogP contribution in [0.1, 0.15) is 6.42 Å². The molecule has 0 aromatic heterocycles. The number of hydrogen-bond donors (Lipinski definition) is 3. The molecule has 0 fully saturated rings. The highest BCUT2D eigenvalue weighted by Gasteiger charge is 2.02. The fourth-order valence-corrected chi connectivity index (χ4v) is 0.945. The Hall–Kier alpha value is -0.560. The highest BCUT2D eigenvalue weighted by Crippen LogP contribution is 1.88. The van der Waals surface area contributed by atoms with Crippen molar-refractivity contribution in [1.29, 1.82) is 0 Å². The minimum Gasteiger partial charge on any atom is -0.464 e. The van der Waals surface area contributed by atoms with Crippen LogP contribution in [0.4, 0.5) is 4.79 Å². The van der Waals surface area contributed by atoms with Gasteiger partial charge in [-0.1, -0.05) is 0 Å².